The minimum atomic E-state index is -0.366. The SMILES string of the molecule is CCCC#CCCSc1nc2ccc(NC(=O)C3CC(=O)N(Cc4ccco4)C3)cc2s1. The maximum absolute atomic E-state index is 12.8. The summed E-state index contributed by atoms with van der Waals surface area (Å²) in [6, 6.07) is 9.36. The predicted molar refractivity (Wildman–Crippen MR) is 129 cm³/mol. The maximum atomic E-state index is 12.8. The molecule has 166 valence electrons. The molecule has 4 rings (SSSR count). The summed E-state index contributed by atoms with van der Waals surface area (Å²) in [7, 11) is 0. The van der Waals surface area contributed by atoms with Gasteiger partial charge in [-0.25, -0.2) is 4.98 Å². The highest BCUT2D eigenvalue weighted by Crippen LogP contribution is 2.32. The highest BCUT2D eigenvalue weighted by atomic mass is 32.2. The minimum Gasteiger partial charge on any atom is -0.467 e. The van der Waals surface area contributed by atoms with Crippen molar-refractivity contribution in [3.05, 3.63) is 42.4 Å². The monoisotopic (exact) mass is 467 g/mol. The lowest BCUT2D eigenvalue weighted by molar-refractivity contribution is -0.128. The number of unbranched alkanes of at least 4 members (excludes halogenated alkanes) is 1. The molecule has 1 saturated heterocycles. The Bertz CT molecular complexity index is 1140. The second-order valence-corrected chi connectivity index (χ2v) is 9.98. The first-order chi connectivity index (χ1) is 15.6. The summed E-state index contributed by atoms with van der Waals surface area (Å²) in [5, 5.41) is 2.97. The largest absolute Gasteiger partial charge is 0.467 e. The van der Waals surface area contributed by atoms with Crippen LogP contribution in [0.5, 0.6) is 0 Å². The number of nitrogens with one attached hydrogen (secondary N) is 1. The van der Waals surface area contributed by atoms with Crippen molar-refractivity contribution in [2.75, 3.05) is 17.6 Å². The third-order valence-electron chi connectivity index (χ3n) is 5.10. The Balaban J connectivity index is 1.32. The lowest BCUT2D eigenvalue weighted by Gasteiger charge is -2.15. The van der Waals surface area contributed by atoms with Gasteiger partial charge < -0.3 is 14.6 Å². The van der Waals surface area contributed by atoms with Crippen molar-refractivity contribution in [1.82, 2.24) is 9.88 Å². The molecular weight excluding hydrogens is 442 g/mol. The Hall–Kier alpha value is -2.76. The number of anilines is 1. The van der Waals surface area contributed by atoms with Crippen LogP contribution < -0.4 is 5.32 Å². The van der Waals surface area contributed by atoms with Crippen LogP contribution in [0.15, 0.2) is 45.4 Å². The van der Waals surface area contributed by atoms with E-state index in [1.165, 1.54) is 0 Å². The molecule has 0 spiro atoms. The van der Waals surface area contributed by atoms with Gasteiger partial charge in [0.1, 0.15) is 5.76 Å². The van der Waals surface area contributed by atoms with E-state index in [4.69, 9.17) is 4.42 Å². The third kappa shape index (κ3) is 5.72. The summed E-state index contributed by atoms with van der Waals surface area (Å²) < 4.78 is 7.36. The van der Waals surface area contributed by atoms with E-state index in [1.807, 2.05) is 24.3 Å². The average Bonchev–Trinajstić information content (AvgIpc) is 3.51. The number of thioether (sulfide) groups is 1. The molecular formula is C24H25N3O3S2. The number of hydrogen-bond donors (Lipinski definition) is 1. The van der Waals surface area contributed by atoms with Crippen LogP contribution in [0.1, 0.15) is 38.4 Å². The van der Waals surface area contributed by atoms with Gasteiger partial charge in [-0.3, -0.25) is 9.59 Å². The Morgan fingerprint density at radius 2 is 2.22 bits per heavy atom. The second-order valence-electron chi connectivity index (χ2n) is 7.61. The highest BCUT2D eigenvalue weighted by molar-refractivity contribution is 8.01. The second kappa shape index (κ2) is 10.7. The molecule has 0 aliphatic carbocycles. The summed E-state index contributed by atoms with van der Waals surface area (Å²) in [6.45, 7) is 2.93. The van der Waals surface area contributed by atoms with E-state index >= 15 is 0 Å². The van der Waals surface area contributed by atoms with E-state index in [0.29, 0.717) is 13.1 Å². The van der Waals surface area contributed by atoms with Crippen LogP contribution in [0.3, 0.4) is 0 Å². The molecule has 6 nitrogen and oxygen atoms in total. The number of rotatable bonds is 8. The summed E-state index contributed by atoms with van der Waals surface area (Å²) in [5.41, 5.74) is 1.65. The van der Waals surface area contributed by atoms with Crippen molar-refractivity contribution in [2.24, 2.45) is 5.92 Å². The Morgan fingerprint density at radius 3 is 3.03 bits per heavy atom. The quantitative estimate of drug-likeness (QED) is 0.281. The fraction of sp³-hybridized carbons (Fsp3) is 0.375. The van der Waals surface area contributed by atoms with E-state index in [-0.39, 0.29) is 24.2 Å². The van der Waals surface area contributed by atoms with Crippen molar-refractivity contribution in [1.29, 1.82) is 0 Å². The highest BCUT2D eigenvalue weighted by Gasteiger charge is 2.34. The lowest BCUT2D eigenvalue weighted by Crippen LogP contribution is -2.27. The Kier molecular flexibility index (Phi) is 7.51. The Morgan fingerprint density at radius 1 is 1.34 bits per heavy atom. The van der Waals surface area contributed by atoms with Crippen LogP contribution in [-0.4, -0.2) is 34.0 Å². The minimum absolute atomic E-state index is 0.0273. The molecule has 0 saturated carbocycles. The molecule has 1 aliphatic heterocycles. The van der Waals surface area contributed by atoms with Crippen molar-refractivity contribution in [2.45, 2.75) is 43.5 Å². The van der Waals surface area contributed by atoms with Gasteiger partial charge in [0.2, 0.25) is 11.8 Å². The fourth-order valence-electron chi connectivity index (χ4n) is 3.47. The van der Waals surface area contributed by atoms with E-state index < -0.39 is 0 Å². The molecule has 1 aliphatic rings. The number of carbonyl (C=O) groups excluding carboxylic acids is 2. The zero-order valence-electron chi connectivity index (χ0n) is 17.9. The van der Waals surface area contributed by atoms with Crippen molar-refractivity contribution in [3.8, 4) is 11.8 Å². The number of furan rings is 1. The number of nitrogens with zero attached hydrogens (tertiary/aromatic N) is 2. The molecule has 0 radical (unpaired) electrons. The van der Waals surface area contributed by atoms with Crippen LogP contribution in [0.2, 0.25) is 0 Å². The zero-order valence-corrected chi connectivity index (χ0v) is 19.6. The van der Waals surface area contributed by atoms with Gasteiger partial charge in [-0.1, -0.05) is 18.7 Å². The first-order valence-corrected chi connectivity index (χ1v) is 12.5. The van der Waals surface area contributed by atoms with Gasteiger partial charge in [-0.05, 0) is 36.8 Å². The number of likely N-dealkylation sites (tertiary alicyclic amines) is 1. The molecule has 2 amide bonds. The fourth-order valence-corrected chi connectivity index (χ4v) is 5.50. The normalized spacial score (nSPS) is 15.7. The number of thiazole rings is 1. The number of amides is 2. The molecule has 3 heterocycles. The average molecular weight is 468 g/mol. The van der Waals surface area contributed by atoms with Crippen molar-refractivity contribution in [3.63, 3.8) is 0 Å². The summed E-state index contributed by atoms with van der Waals surface area (Å²) in [5.74, 6) is 7.47. The smallest absolute Gasteiger partial charge is 0.229 e. The molecule has 1 unspecified atom stereocenters. The molecule has 0 bridgehead atoms. The van der Waals surface area contributed by atoms with Gasteiger partial charge >= 0.3 is 0 Å². The lowest BCUT2D eigenvalue weighted by atomic mass is 10.1. The van der Waals surface area contributed by atoms with Crippen molar-refractivity contribution < 1.29 is 14.0 Å². The summed E-state index contributed by atoms with van der Waals surface area (Å²) >= 11 is 3.33. The number of benzene rings is 1. The van der Waals surface area contributed by atoms with Crippen LogP contribution in [0.25, 0.3) is 10.2 Å². The molecule has 1 atom stereocenters. The summed E-state index contributed by atoms with van der Waals surface area (Å²) in [4.78, 5) is 31.4. The standard InChI is InChI=1S/C24H25N3O3S2/c1-2-3-4-5-6-12-31-24-26-20-10-9-18(14-21(20)32-24)25-23(29)17-13-22(28)27(15-17)16-19-8-7-11-30-19/h7-11,14,17H,2-3,6,12-13,15-16H2,1H3,(H,25,29). The van der Waals surface area contributed by atoms with E-state index in [0.717, 1.165) is 51.0 Å². The van der Waals surface area contributed by atoms with Crippen LogP contribution >= 0.6 is 23.1 Å². The third-order valence-corrected chi connectivity index (χ3v) is 7.26. The number of fused-ring (bicyclic) bond motifs is 1. The first kappa shape index (κ1) is 22.4. The first-order valence-electron chi connectivity index (χ1n) is 10.7. The van der Waals surface area contributed by atoms with Gasteiger partial charge in [0, 0.05) is 37.2 Å². The van der Waals surface area contributed by atoms with Gasteiger partial charge in [0.25, 0.3) is 0 Å². The van der Waals surface area contributed by atoms with Crippen LogP contribution in [0, 0.1) is 17.8 Å². The molecule has 1 N–H and O–H groups in total. The Labute approximate surface area is 195 Å². The van der Waals surface area contributed by atoms with Gasteiger partial charge in [-0.15, -0.1) is 23.2 Å². The maximum Gasteiger partial charge on any atom is 0.229 e. The van der Waals surface area contributed by atoms with Crippen LogP contribution in [0.4, 0.5) is 5.69 Å². The molecule has 8 heteroatoms. The van der Waals surface area contributed by atoms with E-state index in [1.54, 1.807) is 40.3 Å². The predicted octanol–water partition coefficient (Wildman–Crippen LogP) is 5.16. The van der Waals surface area contributed by atoms with Gasteiger partial charge in [0.05, 0.1) is 28.9 Å². The zero-order chi connectivity index (χ0) is 22.3. The molecule has 1 aromatic carbocycles. The van der Waals surface area contributed by atoms with Gasteiger partial charge in [-0.2, -0.15) is 0 Å². The number of hydrogen-bond acceptors (Lipinski definition) is 6. The topological polar surface area (TPSA) is 75.4 Å². The molecule has 1 fully saturated rings. The van der Waals surface area contributed by atoms with E-state index in [9.17, 15) is 9.59 Å². The van der Waals surface area contributed by atoms with Crippen LogP contribution in [-0.2, 0) is 16.1 Å². The molecule has 2 aromatic heterocycles. The van der Waals surface area contributed by atoms with Crippen molar-refractivity contribution >= 4 is 50.8 Å². The van der Waals surface area contributed by atoms with E-state index in [2.05, 4.69) is 29.1 Å². The molecule has 3 aromatic rings. The van der Waals surface area contributed by atoms with Gasteiger partial charge in [0.15, 0.2) is 4.34 Å². The summed E-state index contributed by atoms with van der Waals surface area (Å²) in [6.07, 6.45) is 4.71. The number of carbonyl (C=O) groups is 2. The number of aromatic nitrogens is 1. The molecule has 32 heavy (non-hydrogen) atoms.